The zero-order chi connectivity index (χ0) is 13.0. The highest BCUT2D eigenvalue weighted by Crippen LogP contribution is 2.31. The summed E-state index contributed by atoms with van der Waals surface area (Å²) >= 11 is 0. The van der Waals surface area contributed by atoms with Crippen LogP contribution < -0.4 is 10.5 Å². The molecule has 98 valence electrons. The van der Waals surface area contributed by atoms with Gasteiger partial charge in [0.2, 0.25) is 0 Å². The first-order valence-electron chi connectivity index (χ1n) is 6.53. The topological polar surface area (TPSA) is 65.2 Å². The first-order chi connectivity index (χ1) is 8.63. The number of pyridine rings is 1. The third-order valence-electron chi connectivity index (χ3n) is 3.46. The van der Waals surface area contributed by atoms with Crippen LogP contribution in [0, 0.1) is 0 Å². The van der Waals surface area contributed by atoms with Gasteiger partial charge in [0.05, 0.1) is 12.8 Å². The van der Waals surface area contributed by atoms with Crippen molar-refractivity contribution in [1.29, 1.82) is 0 Å². The van der Waals surface area contributed by atoms with Crippen molar-refractivity contribution < 1.29 is 9.53 Å². The first kappa shape index (κ1) is 13.0. The van der Waals surface area contributed by atoms with Crippen molar-refractivity contribution in [2.75, 3.05) is 6.61 Å². The minimum absolute atomic E-state index is 0.0634. The molecule has 1 aromatic rings. The zero-order valence-corrected chi connectivity index (χ0v) is 10.8. The second-order valence-corrected chi connectivity index (χ2v) is 5.01. The van der Waals surface area contributed by atoms with Crippen molar-refractivity contribution in [3.05, 3.63) is 24.0 Å². The number of ether oxygens (including phenoxy) is 1. The maximum absolute atomic E-state index is 12.2. The molecule has 1 heterocycles. The third-order valence-corrected chi connectivity index (χ3v) is 3.46. The molecule has 0 radical (unpaired) electrons. The minimum Gasteiger partial charge on any atom is -0.492 e. The van der Waals surface area contributed by atoms with Crippen LogP contribution in [0.4, 0.5) is 0 Å². The van der Waals surface area contributed by atoms with Gasteiger partial charge < -0.3 is 10.5 Å². The van der Waals surface area contributed by atoms with Crippen LogP contribution in [-0.4, -0.2) is 22.9 Å². The molecule has 2 N–H and O–H groups in total. The number of rotatable bonds is 5. The van der Waals surface area contributed by atoms with Crippen LogP contribution in [0.2, 0.25) is 0 Å². The van der Waals surface area contributed by atoms with Crippen LogP contribution in [0.25, 0.3) is 0 Å². The highest BCUT2D eigenvalue weighted by atomic mass is 16.5. The fourth-order valence-electron chi connectivity index (χ4n) is 2.49. The van der Waals surface area contributed by atoms with Gasteiger partial charge in [-0.2, -0.15) is 0 Å². The Hall–Kier alpha value is -1.42. The predicted molar refractivity (Wildman–Crippen MR) is 69.7 cm³/mol. The number of ketones is 1. The molecule has 0 aliphatic heterocycles. The van der Waals surface area contributed by atoms with Crippen LogP contribution in [0.15, 0.2) is 18.5 Å². The lowest BCUT2D eigenvalue weighted by Gasteiger charge is -2.22. The zero-order valence-electron chi connectivity index (χ0n) is 10.8. The summed E-state index contributed by atoms with van der Waals surface area (Å²) in [7, 11) is 0. The van der Waals surface area contributed by atoms with Gasteiger partial charge in [0.1, 0.15) is 5.75 Å². The molecule has 1 saturated carbocycles. The third kappa shape index (κ3) is 3.07. The normalized spacial score (nSPS) is 17.7. The molecular formula is C14H20N2O2. The maximum atomic E-state index is 12.2. The lowest BCUT2D eigenvalue weighted by atomic mass is 9.90. The predicted octanol–water partition coefficient (Wildman–Crippen LogP) is 2.32. The summed E-state index contributed by atoms with van der Waals surface area (Å²) in [5.74, 6) is 0.703. The molecule has 1 aliphatic carbocycles. The Kier molecular flexibility index (Phi) is 3.97. The maximum Gasteiger partial charge on any atom is 0.166 e. The van der Waals surface area contributed by atoms with Crippen LogP contribution in [0.3, 0.4) is 0 Å². The fourth-order valence-corrected chi connectivity index (χ4v) is 2.49. The first-order valence-corrected chi connectivity index (χ1v) is 6.53. The van der Waals surface area contributed by atoms with Gasteiger partial charge in [0, 0.05) is 23.7 Å². The SMILES string of the molecule is CCOc1cncc(C(=O)CC2(N)CCCC2)c1. The van der Waals surface area contributed by atoms with E-state index in [1.165, 1.54) is 0 Å². The van der Waals surface area contributed by atoms with Gasteiger partial charge in [0.15, 0.2) is 5.78 Å². The summed E-state index contributed by atoms with van der Waals surface area (Å²) in [5.41, 5.74) is 6.51. The Labute approximate surface area is 108 Å². The summed E-state index contributed by atoms with van der Waals surface area (Å²) in [6, 6.07) is 1.75. The van der Waals surface area contributed by atoms with Gasteiger partial charge >= 0.3 is 0 Å². The van der Waals surface area contributed by atoms with E-state index in [9.17, 15) is 4.79 Å². The summed E-state index contributed by atoms with van der Waals surface area (Å²) in [5, 5.41) is 0. The summed E-state index contributed by atoms with van der Waals surface area (Å²) in [6.45, 7) is 2.47. The lowest BCUT2D eigenvalue weighted by molar-refractivity contribution is 0.0951. The summed E-state index contributed by atoms with van der Waals surface area (Å²) in [6.07, 6.45) is 7.75. The molecule has 1 fully saturated rings. The van der Waals surface area contributed by atoms with E-state index in [4.69, 9.17) is 10.5 Å². The van der Waals surface area contributed by atoms with E-state index in [-0.39, 0.29) is 11.3 Å². The quantitative estimate of drug-likeness (QED) is 0.812. The average Bonchev–Trinajstić information content (AvgIpc) is 2.76. The van der Waals surface area contributed by atoms with Crippen LogP contribution >= 0.6 is 0 Å². The van der Waals surface area contributed by atoms with Crippen LogP contribution in [0.1, 0.15) is 49.4 Å². The molecule has 1 aromatic heterocycles. The van der Waals surface area contributed by atoms with E-state index >= 15 is 0 Å². The van der Waals surface area contributed by atoms with E-state index in [1.807, 2.05) is 6.92 Å². The van der Waals surface area contributed by atoms with Crippen molar-refractivity contribution in [2.45, 2.75) is 44.6 Å². The molecular weight excluding hydrogens is 228 g/mol. The van der Waals surface area contributed by atoms with Crippen molar-refractivity contribution in [2.24, 2.45) is 5.73 Å². The number of hydrogen-bond acceptors (Lipinski definition) is 4. The Morgan fingerprint density at radius 3 is 2.83 bits per heavy atom. The Bertz CT molecular complexity index is 426. The van der Waals surface area contributed by atoms with Crippen LogP contribution in [-0.2, 0) is 0 Å². The summed E-state index contributed by atoms with van der Waals surface area (Å²) < 4.78 is 5.35. The Morgan fingerprint density at radius 2 is 2.17 bits per heavy atom. The Morgan fingerprint density at radius 1 is 1.44 bits per heavy atom. The fraction of sp³-hybridized carbons (Fsp3) is 0.571. The number of Topliss-reactive ketones (excluding diaryl/α,β-unsaturated/α-hetero) is 1. The number of carbonyl (C=O) groups excluding carboxylic acids is 1. The molecule has 0 amide bonds. The monoisotopic (exact) mass is 248 g/mol. The molecule has 0 spiro atoms. The van der Waals surface area contributed by atoms with Gasteiger partial charge in [-0.05, 0) is 25.8 Å². The average molecular weight is 248 g/mol. The van der Waals surface area contributed by atoms with Gasteiger partial charge in [-0.3, -0.25) is 9.78 Å². The lowest BCUT2D eigenvalue weighted by Crippen LogP contribution is -2.38. The van der Waals surface area contributed by atoms with Crippen molar-refractivity contribution >= 4 is 5.78 Å². The Balaban J connectivity index is 2.06. The summed E-state index contributed by atoms with van der Waals surface area (Å²) in [4.78, 5) is 16.2. The largest absolute Gasteiger partial charge is 0.492 e. The van der Waals surface area contributed by atoms with Gasteiger partial charge in [-0.1, -0.05) is 12.8 Å². The second-order valence-electron chi connectivity index (χ2n) is 5.01. The van der Waals surface area contributed by atoms with E-state index in [0.29, 0.717) is 24.3 Å². The van der Waals surface area contributed by atoms with Gasteiger partial charge in [-0.15, -0.1) is 0 Å². The number of aromatic nitrogens is 1. The highest BCUT2D eigenvalue weighted by molar-refractivity contribution is 5.96. The molecule has 0 bridgehead atoms. The smallest absolute Gasteiger partial charge is 0.166 e. The molecule has 18 heavy (non-hydrogen) atoms. The van der Waals surface area contributed by atoms with E-state index < -0.39 is 0 Å². The molecule has 2 rings (SSSR count). The molecule has 4 nitrogen and oxygen atoms in total. The van der Waals surface area contributed by atoms with E-state index in [2.05, 4.69) is 4.98 Å². The van der Waals surface area contributed by atoms with Gasteiger partial charge in [0.25, 0.3) is 0 Å². The van der Waals surface area contributed by atoms with Gasteiger partial charge in [-0.25, -0.2) is 0 Å². The molecule has 0 saturated heterocycles. The molecule has 1 aliphatic rings. The van der Waals surface area contributed by atoms with Crippen molar-refractivity contribution in [1.82, 2.24) is 4.98 Å². The van der Waals surface area contributed by atoms with Crippen molar-refractivity contribution in [3.63, 3.8) is 0 Å². The van der Waals surface area contributed by atoms with E-state index in [0.717, 1.165) is 25.7 Å². The second kappa shape index (κ2) is 5.48. The number of carbonyl (C=O) groups is 1. The molecule has 0 aromatic carbocycles. The van der Waals surface area contributed by atoms with Crippen LogP contribution in [0.5, 0.6) is 5.75 Å². The number of nitrogens with zero attached hydrogens (tertiary/aromatic N) is 1. The highest BCUT2D eigenvalue weighted by Gasteiger charge is 2.32. The number of nitrogens with two attached hydrogens (primary N) is 1. The molecule has 0 atom stereocenters. The van der Waals surface area contributed by atoms with E-state index in [1.54, 1.807) is 18.5 Å². The molecule has 0 unspecified atom stereocenters. The number of hydrogen-bond donors (Lipinski definition) is 1. The standard InChI is InChI=1S/C14H20N2O2/c1-2-18-12-7-11(9-16-10-12)13(17)8-14(15)5-3-4-6-14/h7,9-10H,2-6,8,15H2,1H3. The minimum atomic E-state index is -0.307. The molecule has 4 heteroatoms. The van der Waals surface area contributed by atoms with Crippen molar-refractivity contribution in [3.8, 4) is 5.75 Å².